The number of carbonyl (C=O) groups excluding carboxylic acids is 1. The van der Waals surface area contributed by atoms with Crippen molar-refractivity contribution in [1.82, 2.24) is 4.90 Å². The summed E-state index contributed by atoms with van der Waals surface area (Å²) in [5.41, 5.74) is 1.78. The minimum absolute atomic E-state index is 0.212. The maximum atomic E-state index is 12.4. The molecule has 1 N–H and O–H groups in total. The summed E-state index contributed by atoms with van der Waals surface area (Å²) < 4.78 is 0. The van der Waals surface area contributed by atoms with E-state index in [0.29, 0.717) is 21.7 Å². The number of aliphatic hydroxyl groups is 1. The lowest BCUT2D eigenvalue weighted by Gasteiger charge is -2.24. The van der Waals surface area contributed by atoms with Crippen molar-refractivity contribution in [2.75, 3.05) is 0 Å². The van der Waals surface area contributed by atoms with Crippen molar-refractivity contribution in [2.24, 2.45) is 0 Å². The van der Waals surface area contributed by atoms with Crippen molar-refractivity contribution in [3.63, 3.8) is 0 Å². The van der Waals surface area contributed by atoms with Gasteiger partial charge >= 0.3 is 0 Å². The van der Waals surface area contributed by atoms with Gasteiger partial charge in [-0.1, -0.05) is 47.7 Å². The molecule has 4 heteroatoms. The summed E-state index contributed by atoms with van der Waals surface area (Å²) in [6.45, 7) is 1.78. The van der Waals surface area contributed by atoms with Crippen LogP contribution in [0.3, 0.4) is 0 Å². The first-order chi connectivity index (χ1) is 10.6. The average molecular weight is 310 g/mol. The van der Waals surface area contributed by atoms with Crippen molar-refractivity contribution >= 4 is 17.5 Å². The second kappa shape index (κ2) is 5.73. The molecule has 0 aliphatic carbocycles. The summed E-state index contributed by atoms with van der Waals surface area (Å²) in [5, 5.41) is 10.8. The van der Waals surface area contributed by atoms with Gasteiger partial charge in [0.1, 0.15) is 0 Å². The van der Waals surface area contributed by atoms with E-state index < -0.39 is 12.3 Å². The Labute approximate surface area is 134 Å². The first-order valence-corrected chi connectivity index (χ1v) is 7.16. The van der Waals surface area contributed by atoms with Crippen molar-refractivity contribution < 1.29 is 9.90 Å². The van der Waals surface area contributed by atoms with Crippen LogP contribution in [0.25, 0.3) is 0 Å². The average Bonchev–Trinajstić information content (AvgIpc) is 2.79. The topological polar surface area (TPSA) is 40.5 Å². The second-order valence-corrected chi connectivity index (χ2v) is 5.37. The number of hydrogen-bond acceptors (Lipinski definition) is 2. The molecule has 108 valence electrons. The highest BCUT2D eigenvalue weighted by molar-refractivity contribution is 6.30. The van der Waals surface area contributed by atoms with Gasteiger partial charge in [-0.2, -0.15) is 0 Å². The van der Waals surface area contributed by atoms with E-state index in [1.807, 2.05) is 0 Å². The first kappa shape index (κ1) is 14.5. The molecule has 2 atom stereocenters. The van der Waals surface area contributed by atoms with Gasteiger partial charge in [0.2, 0.25) is 0 Å². The standard InChI is InChI=1S/C18H12ClNO2/c1-12(6-7-13-8-10-14(19)11-9-13)20-17(21)15-4-2-3-5-16(15)18(20)22/h2-5,8,10,12,17,21H,1H3. The number of amides is 1. The molecule has 1 heterocycles. The lowest BCUT2D eigenvalue weighted by Crippen LogP contribution is -2.35. The zero-order chi connectivity index (χ0) is 15.7. The molecule has 22 heavy (non-hydrogen) atoms. The van der Waals surface area contributed by atoms with Crippen LogP contribution in [0.2, 0.25) is 5.02 Å². The van der Waals surface area contributed by atoms with Gasteiger partial charge in [-0.25, -0.2) is 0 Å². The van der Waals surface area contributed by atoms with E-state index in [1.54, 1.807) is 43.3 Å². The third-order valence-corrected chi connectivity index (χ3v) is 3.73. The van der Waals surface area contributed by atoms with E-state index in [4.69, 9.17) is 11.6 Å². The van der Waals surface area contributed by atoms with Gasteiger partial charge < -0.3 is 5.11 Å². The van der Waals surface area contributed by atoms with Gasteiger partial charge in [0.05, 0.1) is 16.6 Å². The highest BCUT2D eigenvalue weighted by Crippen LogP contribution is 2.32. The molecule has 2 aromatic rings. The van der Waals surface area contributed by atoms with Crippen LogP contribution in [0.5, 0.6) is 0 Å². The molecule has 0 saturated heterocycles. The summed E-state index contributed by atoms with van der Waals surface area (Å²) in [6, 6.07) is 15.6. The number of carbonyl (C=O) groups is 1. The quantitative estimate of drug-likeness (QED) is 0.823. The van der Waals surface area contributed by atoms with Gasteiger partial charge in [0.15, 0.2) is 6.23 Å². The zero-order valence-corrected chi connectivity index (χ0v) is 12.6. The summed E-state index contributed by atoms with van der Waals surface area (Å²) in [5.74, 6) is 5.66. The summed E-state index contributed by atoms with van der Waals surface area (Å²) in [6.07, 6.45) is -0.964. The van der Waals surface area contributed by atoms with E-state index in [1.165, 1.54) is 4.90 Å². The van der Waals surface area contributed by atoms with Gasteiger partial charge in [-0.15, -0.1) is 0 Å². The fourth-order valence-electron chi connectivity index (χ4n) is 2.40. The number of nitrogens with zero attached hydrogens (tertiary/aromatic N) is 1. The van der Waals surface area contributed by atoms with Crippen LogP contribution in [0.4, 0.5) is 0 Å². The Kier molecular flexibility index (Phi) is 3.77. The molecule has 2 unspecified atom stereocenters. The molecule has 0 radical (unpaired) electrons. The highest BCUT2D eigenvalue weighted by atomic mass is 35.5. The second-order valence-electron chi connectivity index (χ2n) is 4.96. The van der Waals surface area contributed by atoms with Crippen molar-refractivity contribution in [2.45, 2.75) is 19.2 Å². The van der Waals surface area contributed by atoms with Crippen LogP contribution in [0, 0.1) is 24.0 Å². The van der Waals surface area contributed by atoms with Crippen LogP contribution in [-0.4, -0.2) is 22.0 Å². The first-order valence-electron chi connectivity index (χ1n) is 6.78. The number of fused-ring (bicyclic) bond motifs is 1. The predicted molar refractivity (Wildman–Crippen MR) is 83.0 cm³/mol. The molecule has 1 aliphatic heterocycles. The smallest absolute Gasteiger partial charge is 0.257 e. The molecule has 0 aromatic heterocycles. The van der Waals surface area contributed by atoms with E-state index in [9.17, 15) is 9.90 Å². The van der Waals surface area contributed by atoms with E-state index in [2.05, 4.69) is 24.0 Å². The highest BCUT2D eigenvalue weighted by Gasteiger charge is 2.37. The van der Waals surface area contributed by atoms with E-state index in [0.717, 1.165) is 0 Å². The lowest BCUT2D eigenvalue weighted by atomic mass is 10.1. The number of benzene rings is 1. The predicted octanol–water partition coefficient (Wildman–Crippen LogP) is 2.83. The third-order valence-electron chi connectivity index (χ3n) is 3.51. The van der Waals surface area contributed by atoms with Crippen LogP contribution >= 0.6 is 11.6 Å². The minimum Gasteiger partial charge on any atom is -0.369 e. The third kappa shape index (κ3) is 2.53. The van der Waals surface area contributed by atoms with E-state index in [-0.39, 0.29) is 5.91 Å². The Bertz CT molecular complexity index is 774. The normalized spacial score (nSPS) is 17.3. The number of hydrogen-bond donors (Lipinski definition) is 1. The minimum atomic E-state index is -0.964. The van der Waals surface area contributed by atoms with E-state index >= 15 is 0 Å². The molecule has 1 amide bonds. The largest absolute Gasteiger partial charge is 0.369 e. The Balaban J connectivity index is 1.84. The van der Waals surface area contributed by atoms with Crippen LogP contribution in [-0.2, 0) is 0 Å². The van der Waals surface area contributed by atoms with Crippen LogP contribution in [0.1, 0.15) is 34.6 Å². The molecule has 3 rings (SSSR count). The Morgan fingerprint density at radius 1 is 1.27 bits per heavy atom. The molecule has 1 aliphatic rings. The Hall–Kier alpha value is -2.46. The number of halogens is 1. The van der Waals surface area contributed by atoms with Crippen molar-refractivity contribution in [1.29, 1.82) is 0 Å². The molecule has 0 saturated carbocycles. The van der Waals surface area contributed by atoms with Crippen LogP contribution in [0.15, 0.2) is 36.4 Å². The maximum Gasteiger partial charge on any atom is 0.257 e. The summed E-state index contributed by atoms with van der Waals surface area (Å²) in [7, 11) is 0. The molecule has 0 bridgehead atoms. The fraction of sp³-hybridized carbons (Fsp3) is 0.167. The SMILES string of the molecule is CC(C#Cc1c#cc(Cl)cc1)N1C(=O)c2ccccc2C1O. The monoisotopic (exact) mass is 309 g/mol. The molecule has 3 nitrogen and oxygen atoms in total. The molecular weight excluding hydrogens is 298 g/mol. The van der Waals surface area contributed by atoms with Gasteiger partial charge in [0.25, 0.3) is 5.91 Å². The molecule has 0 spiro atoms. The van der Waals surface area contributed by atoms with Crippen molar-refractivity contribution in [3.05, 3.63) is 70.2 Å². The zero-order valence-electron chi connectivity index (χ0n) is 11.8. The van der Waals surface area contributed by atoms with Gasteiger partial charge in [-0.3, -0.25) is 9.69 Å². The fourth-order valence-corrected chi connectivity index (χ4v) is 2.51. The van der Waals surface area contributed by atoms with Crippen molar-refractivity contribution in [3.8, 4) is 11.8 Å². The Morgan fingerprint density at radius 3 is 2.73 bits per heavy atom. The lowest BCUT2D eigenvalue weighted by molar-refractivity contribution is 0.01000. The number of aliphatic hydroxyl groups excluding tert-OH is 1. The molecular formula is C18H12ClNO2. The molecule has 0 fully saturated rings. The number of rotatable bonds is 1. The Morgan fingerprint density at radius 2 is 2.05 bits per heavy atom. The van der Waals surface area contributed by atoms with Gasteiger partial charge in [0, 0.05) is 11.1 Å². The maximum absolute atomic E-state index is 12.4. The molecule has 2 aromatic carbocycles. The van der Waals surface area contributed by atoms with Gasteiger partial charge in [-0.05, 0) is 31.2 Å². The summed E-state index contributed by atoms with van der Waals surface area (Å²) >= 11 is 5.75. The van der Waals surface area contributed by atoms with Crippen LogP contribution < -0.4 is 0 Å². The summed E-state index contributed by atoms with van der Waals surface area (Å²) in [4.78, 5) is 13.7.